The molecule has 0 aliphatic carbocycles. The van der Waals surface area contributed by atoms with Gasteiger partial charge in [-0.1, -0.05) is 11.6 Å². The van der Waals surface area contributed by atoms with Crippen LogP contribution in [-0.2, 0) is 11.3 Å². The summed E-state index contributed by atoms with van der Waals surface area (Å²) >= 11 is 6.07. The minimum absolute atomic E-state index is 0.0471. The molecule has 170 valence electrons. The number of nitrogens with zero attached hydrogens (tertiary/aromatic N) is 8. The summed E-state index contributed by atoms with van der Waals surface area (Å²) in [4.78, 5) is 30.1. The molecule has 11 nitrogen and oxygen atoms in total. The Morgan fingerprint density at radius 2 is 2.24 bits per heavy atom. The van der Waals surface area contributed by atoms with Gasteiger partial charge >= 0.3 is 0 Å². The highest BCUT2D eigenvalue weighted by Crippen LogP contribution is 2.28. The van der Waals surface area contributed by atoms with Crippen molar-refractivity contribution in [2.45, 2.75) is 19.4 Å². The summed E-state index contributed by atoms with van der Waals surface area (Å²) in [6.07, 6.45) is 7.62. The maximum atomic E-state index is 14.4. The number of carbonyl (C=O) groups is 1. The van der Waals surface area contributed by atoms with Crippen LogP contribution in [0.2, 0.25) is 5.02 Å². The third kappa shape index (κ3) is 4.60. The first-order valence-corrected chi connectivity index (χ1v) is 10.8. The van der Waals surface area contributed by atoms with Gasteiger partial charge in [0, 0.05) is 43.0 Å². The summed E-state index contributed by atoms with van der Waals surface area (Å²) in [6.45, 7) is 1.82. The number of carbonyl (C=O) groups excluding carboxylic acids is 1. The second kappa shape index (κ2) is 9.06. The van der Waals surface area contributed by atoms with Crippen molar-refractivity contribution in [2.24, 2.45) is 5.92 Å². The molecule has 1 amide bonds. The second-order valence-corrected chi connectivity index (χ2v) is 8.31. The van der Waals surface area contributed by atoms with Crippen molar-refractivity contribution >= 4 is 34.4 Å². The fourth-order valence-corrected chi connectivity index (χ4v) is 4.13. The lowest BCUT2D eigenvalue weighted by Gasteiger charge is -2.33. The van der Waals surface area contributed by atoms with Crippen LogP contribution < -0.4 is 5.32 Å². The van der Waals surface area contributed by atoms with E-state index in [-0.39, 0.29) is 24.2 Å². The molecule has 13 heteroatoms. The van der Waals surface area contributed by atoms with Crippen molar-refractivity contribution < 1.29 is 9.18 Å². The van der Waals surface area contributed by atoms with E-state index in [1.54, 1.807) is 23.4 Å². The summed E-state index contributed by atoms with van der Waals surface area (Å²) in [5.74, 6) is 0.0364. The van der Waals surface area contributed by atoms with Crippen LogP contribution in [-0.4, -0.2) is 70.6 Å². The number of aromatic amines is 1. The maximum Gasteiger partial charge on any atom is 0.244 e. The fourth-order valence-electron chi connectivity index (χ4n) is 3.97. The monoisotopic (exact) mass is 470 g/mol. The lowest BCUT2D eigenvalue weighted by atomic mass is 9.98. The third-order valence-electron chi connectivity index (χ3n) is 5.60. The predicted molar refractivity (Wildman–Crippen MR) is 118 cm³/mol. The van der Waals surface area contributed by atoms with Gasteiger partial charge in [0.15, 0.2) is 17.5 Å². The summed E-state index contributed by atoms with van der Waals surface area (Å²) in [5.41, 5.74) is 1.32. The molecule has 1 aliphatic heterocycles. The number of piperidine rings is 1. The summed E-state index contributed by atoms with van der Waals surface area (Å²) in [5, 5.41) is 15.2. The molecule has 0 aromatic carbocycles. The summed E-state index contributed by atoms with van der Waals surface area (Å²) in [7, 11) is 0. The number of hydrogen-bond donors (Lipinski definition) is 2. The number of fused-ring (bicyclic) bond motifs is 1. The zero-order chi connectivity index (χ0) is 22.8. The third-order valence-corrected chi connectivity index (χ3v) is 5.81. The Bertz CT molecular complexity index is 1280. The molecule has 1 fully saturated rings. The molecule has 0 bridgehead atoms. The molecule has 2 N–H and O–H groups in total. The lowest BCUT2D eigenvalue weighted by Crippen LogP contribution is -2.43. The van der Waals surface area contributed by atoms with Crippen LogP contribution in [0.3, 0.4) is 0 Å². The van der Waals surface area contributed by atoms with Crippen molar-refractivity contribution in [3.05, 3.63) is 41.8 Å². The van der Waals surface area contributed by atoms with Gasteiger partial charge in [0.2, 0.25) is 5.91 Å². The van der Waals surface area contributed by atoms with Crippen molar-refractivity contribution in [1.29, 1.82) is 0 Å². The zero-order valence-corrected chi connectivity index (χ0v) is 18.2. The van der Waals surface area contributed by atoms with Gasteiger partial charge in [-0.15, -0.1) is 5.10 Å². The molecule has 0 saturated carbocycles. The molecule has 1 atom stereocenters. The van der Waals surface area contributed by atoms with Gasteiger partial charge in [0.05, 0.1) is 11.2 Å². The topological polar surface area (TPSA) is 130 Å². The molecule has 4 aromatic heterocycles. The first-order valence-electron chi connectivity index (χ1n) is 10.4. The van der Waals surface area contributed by atoms with Crippen LogP contribution in [0.25, 0.3) is 22.4 Å². The quantitative estimate of drug-likeness (QED) is 0.438. The smallest absolute Gasteiger partial charge is 0.244 e. The van der Waals surface area contributed by atoms with Gasteiger partial charge in [-0.05, 0) is 35.3 Å². The maximum absolute atomic E-state index is 14.4. The van der Waals surface area contributed by atoms with E-state index in [2.05, 4.69) is 40.8 Å². The van der Waals surface area contributed by atoms with Gasteiger partial charge in [-0.25, -0.2) is 24.0 Å². The van der Waals surface area contributed by atoms with E-state index in [1.165, 1.54) is 11.0 Å². The number of anilines is 1. The summed E-state index contributed by atoms with van der Waals surface area (Å²) in [6, 6.07) is 1.76. The number of halogens is 2. The Kier molecular flexibility index (Phi) is 5.82. The van der Waals surface area contributed by atoms with E-state index in [4.69, 9.17) is 11.6 Å². The summed E-state index contributed by atoms with van der Waals surface area (Å²) < 4.78 is 15.8. The second-order valence-electron chi connectivity index (χ2n) is 7.88. The van der Waals surface area contributed by atoms with Gasteiger partial charge < -0.3 is 15.2 Å². The molecule has 5 rings (SSSR count). The molecule has 4 aromatic rings. The average molecular weight is 471 g/mol. The van der Waals surface area contributed by atoms with Crippen molar-refractivity contribution in [3.8, 4) is 11.4 Å². The highest BCUT2D eigenvalue weighted by Gasteiger charge is 2.24. The lowest BCUT2D eigenvalue weighted by molar-refractivity contribution is -0.133. The van der Waals surface area contributed by atoms with Crippen LogP contribution in [0.4, 0.5) is 10.2 Å². The van der Waals surface area contributed by atoms with Crippen molar-refractivity contribution in [1.82, 2.24) is 45.0 Å². The zero-order valence-electron chi connectivity index (χ0n) is 17.4. The van der Waals surface area contributed by atoms with Crippen LogP contribution in [0.1, 0.15) is 12.8 Å². The average Bonchev–Trinajstić information content (AvgIpc) is 3.48. The molecule has 1 aliphatic rings. The van der Waals surface area contributed by atoms with E-state index in [0.29, 0.717) is 41.7 Å². The Hall–Kier alpha value is -3.67. The number of nitrogens with one attached hydrogen (secondary N) is 2. The SMILES string of the molecule is O=C(Cn1cnnn1)N1CCCC(CNc2nc(-c3c[nH]c4ncc(Cl)cc34)ncc2F)C1. The first-order chi connectivity index (χ1) is 16.1. The standard InChI is InChI=1S/C20H20ClFN10O/c21-13-4-14-15(7-25-18(14)24-6-13)19-26-8-16(22)20(28-19)23-5-12-2-1-3-31(9-12)17(33)10-32-11-27-29-30-32/h4,6-8,11-12H,1-3,5,9-10H2,(H,24,25)(H,23,26,28). The van der Waals surface area contributed by atoms with Gasteiger partial charge in [0.25, 0.3) is 0 Å². The van der Waals surface area contributed by atoms with E-state index in [1.807, 2.05) is 0 Å². The molecule has 1 saturated heterocycles. The number of aromatic nitrogens is 8. The van der Waals surface area contributed by atoms with Crippen LogP contribution in [0.15, 0.2) is 31.0 Å². The number of H-pyrrole nitrogens is 1. The van der Waals surface area contributed by atoms with E-state index in [0.717, 1.165) is 24.4 Å². The van der Waals surface area contributed by atoms with Crippen LogP contribution >= 0.6 is 11.6 Å². The molecule has 1 unspecified atom stereocenters. The number of rotatable bonds is 6. The highest BCUT2D eigenvalue weighted by molar-refractivity contribution is 6.31. The normalized spacial score (nSPS) is 16.3. The molecule has 0 spiro atoms. The van der Waals surface area contributed by atoms with Gasteiger partial charge in [0.1, 0.15) is 18.5 Å². The Morgan fingerprint density at radius 1 is 1.33 bits per heavy atom. The van der Waals surface area contributed by atoms with Crippen molar-refractivity contribution in [3.63, 3.8) is 0 Å². The largest absolute Gasteiger partial charge is 0.367 e. The Labute approximate surface area is 192 Å². The van der Waals surface area contributed by atoms with Gasteiger partial charge in [-0.2, -0.15) is 0 Å². The molecule has 5 heterocycles. The first kappa shape index (κ1) is 21.2. The fraction of sp³-hybridized carbons (Fsp3) is 0.350. The molecular formula is C20H20ClFN10O. The number of tetrazole rings is 1. The minimum atomic E-state index is -0.544. The molecular weight excluding hydrogens is 451 g/mol. The van der Waals surface area contributed by atoms with E-state index in [9.17, 15) is 9.18 Å². The molecule has 0 radical (unpaired) electrons. The van der Waals surface area contributed by atoms with Crippen LogP contribution in [0, 0.1) is 11.7 Å². The number of likely N-dealkylation sites (tertiary alicyclic amines) is 1. The van der Waals surface area contributed by atoms with Gasteiger partial charge in [-0.3, -0.25) is 4.79 Å². The predicted octanol–water partition coefficient (Wildman–Crippen LogP) is 2.15. The van der Waals surface area contributed by atoms with E-state index < -0.39 is 5.82 Å². The highest BCUT2D eigenvalue weighted by atomic mass is 35.5. The van der Waals surface area contributed by atoms with Crippen molar-refractivity contribution in [2.75, 3.05) is 25.0 Å². The van der Waals surface area contributed by atoms with Crippen LogP contribution in [0.5, 0.6) is 0 Å². The van der Waals surface area contributed by atoms with E-state index >= 15 is 0 Å². The Morgan fingerprint density at radius 3 is 3.09 bits per heavy atom. The number of pyridine rings is 1. The minimum Gasteiger partial charge on any atom is -0.367 e. The Balaban J connectivity index is 1.26. The number of amides is 1. The number of hydrogen-bond acceptors (Lipinski definition) is 8. The molecule has 33 heavy (non-hydrogen) atoms.